The van der Waals surface area contributed by atoms with Crippen molar-refractivity contribution < 1.29 is 14.6 Å². The molecule has 4 heteroatoms. The van der Waals surface area contributed by atoms with E-state index in [1.807, 2.05) is 13.8 Å². The summed E-state index contributed by atoms with van der Waals surface area (Å²) < 4.78 is 5.03. The number of carbonyl (C=O) groups is 1. The molecule has 0 bridgehead atoms. The van der Waals surface area contributed by atoms with E-state index >= 15 is 0 Å². The van der Waals surface area contributed by atoms with Gasteiger partial charge in [-0.3, -0.25) is 4.79 Å². The topological polar surface area (TPSA) is 58.6 Å². The third-order valence-corrected chi connectivity index (χ3v) is 2.27. The molecule has 0 aliphatic rings. The first kappa shape index (κ1) is 12.4. The SMILES string of the molecule is COC(C)CNC(C)C(C)C(=O)O. The van der Waals surface area contributed by atoms with Crippen LogP contribution in [-0.2, 0) is 9.53 Å². The monoisotopic (exact) mass is 189 g/mol. The van der Waals surface area contributed by atoms with Crippen molar-refractivity contribution in [3.8, 4) is 0 Å². The number of hydrogen-bond acceptors (Lipinski definition) is 3. The Balaban J connectivity index is 3.73. The van der Waals surface area contributed by atoms with Crippen LogP contribution in [-0.4, -0.2) is 36.9 Å². The van der Waals surface area contributed by atoms with E-state index in [0.717, 1.165) is 0 Å². The number of carboxylic acids is 1. The van der Waals surface area contributed by atoms with Gasteiger partial charge in [0.2, 0.25) is 0 Å². The Morgan fingerprint density at radius 3 is 2.38 bits per heavy atom. The number of rotatable bonds is 6. The second-order valence-electron chi connectivity index (χ2n) is 3.37. The number of ether oxygens (including phenoxy) is 1. The highest BCUT2D eigenvalue weighted by Gasteiger charge is 2.18. The summed E-state index contributed by atoms with van der Waals surface area (Å²) in [5, 5.41) is 11.8. The molecule has 3 unspecified atom stereocenters. The Bertz CT molecular complexity index is 161. The highest BCUT2D eigenvalue weighted by Crippen LogP contribution is 2.02. The fraction of sp³-hybridized carbons (Fsp3) is 0.889. The molecule has 0 amide bonds. The maximum atomic E-state index is 10.6. The molecule has 4 nitrogen and oxygen atoms in total. The minimum absolute atomic E-state index is 0.0323. The van der Waals surface area contributed by atoms with Gasteiger partial charge in [0.25, 0.3) is 0 Å². The normalized spacial score (nSPS) is 17.8. The van der Waals surface area contributed by atoms with Gasteiger partial charge in [-0.15, -0.1) is 0 Å². The van der Waals surface area contributed by atoms with E-state index in [2.05, 4.69) is 5.32 Å². The fourth-order valence-electron chi connectivity index (χ4n) is 0.826. The average molecular weight is 189 g/mol. The Labute approximate surface area is 79.3 Å². The Morgan fingerprint density at radius 1 is 1.46 bits per heavy atom. The maximum Gasteiger partial charge on any atom is 0.307 e. The van der Waals surface area contributed by atoms with Gasteiger partial charge >= 0.3 is 5.97 Å². The fourth-order valence-corrected chi connectivity index (χ4v) is 0.826. The number of nitrogens with one attached hydrogen (secondary N) is 1. The molecular formula is C9H19NO3. The van der Waals surface area contributed by atoms with Crippen LogP contribution in [0.3, 0.4) is 0 Å². The van der Waals surface area contributed by atoms with E-state index in [4.69, 9.17) is 9.84 Å². The lowest BCUT2D eigenvalue weighted by Crippen LogP contribution is -2.40. The molecule has 0 saturated heterocycles. The summed E-state index contributed by atoms with van der Waals surface area (Å²) in [4.78, 5) is 10.6. The van der Waals surface area contributed by atoms with Crippen LogP contribution in [0.1, 0.15) is 20.8 Å². The second-order valence-corrected chi connectivity index (χ2v) is 3.37. The molecular weight excluding hydrogens is 170 g/mol. The van der Waals surface area contributed by atoms with Crippen LogP contribution in [0.25, 0.3) is 0 Å². The summed E-state index contributed by atoms with van der Waals surface area (Å²) in [6.45, 7) is 6.17. The molecule has 2 N–H and O–H groups in total. The third-order valence-electron chi connectivity index (χ3n) is 2.27. The molecule has 0 fully saturated rings. The first-order chi connectivity index (χ1) is 5.99. The molecule has 0 spiro atoms. The van der Waals surface area contributed by atoms with Crippen LogP contribution in [0.15, 0.2) is 0 Å². The van der Waals surface area contributed by atoms with Gasteiger partial charge in [0.05, 0.1) is 12.0 Å². The molecule has 0 aromatic carbocycles. The quantitative estimate of drug-likeness (QED) is 0.646. The molecule has 13 heavy (non-hydrogen) atoms. The summed E-state index contributed by atoms with van der Waals surface area (Å²) in [5.74, 6) is -1.14. The minimum atomic E-state index is -0.773. The molecule has 0 radical (unpaired) electrons. The van der Waals surface area contributed by atoms with Gasteiger partial charge in [-0.05, 0) is 13.8 Å². The van der Waals surface area contributed by atoms with Gasteiger partial charge in [-0.2, -0.15) is 0 Å². The molecule has 0 heterocycles. The molecule has 0 aromatic rings. The summed E-state index contributed by atoms with van der Waals surface area (Å²) in [7, 11) is 1.64. The van der Waals surface area contributed by atoms with Crippen LogP contribution in [0.5, 0.6) is 0 Å². The van der Waals surface area contributed by atoms with Gasteiger partial charge in [-0.1, -0.05) is 6.92 Å². The maximum absolute atomic E-state index is 10.6. The second kappa shape index (κ2) is 5.94. The highest BCUT2D eigenvalue weighted by molar-refractivity contribution is 5.70. The van der Waals surface area contributed by atoms with Crippen LogP contribution in [0.4, 0.5) is 0 Å². The molecule has 3 atom stereocenters. The van der Waals surface area contributed by atoms with Crippen molar-refractivity contribution in [1.29, 1.82) is 0 Å². The Morgan fingerprint density at radius 2 is 2.00 bits per heavy atom. The largest absolute Gasteiger partial charge is 0.481 e. The van der Waals surface area contributed by atoms with E-state index in [-0.39, 0.29) is 18.1 Å². The lowest BCUT2D eigenvalue weighted by atomic mass is 10.0. The predicted molar refractivity (Wildman–Crippen MR) is 50.7 cm³/mol. The van der Waals surface area contributed by atoms with Crippen LogP contribution < -0.4 is 5.32 Å². The lowest BCUT2D eigenvalue weighted by Gasteiger charge is -2.19. The van der Waals surface area contributed by atoms with Crippen molar-refractivity contribution >= 4 is 5.97 Å². The van der Waals surface area contributed by atoms with Crippen molar-refractivity contribution in [1.82, 2.24) is 5.32 Å². The first-order valence-electron chi connectivity index (χ1n) is 4.48. The standard InChI is InChI=1S/C9H19NO3/c1-6(13-4)5-10-8(3)7(2)9(11)12/h6-8,10H,5H2,1-4H3,(H,11,12). The van der Waals surface area contributed by atoms with Crippen LogP contribution in [0, 0.1) is 5.92 Å². The third kappa shape index (κ3) is 4.85. The number of carboxylic acid groups (broad SMARTS) is 1. The molecule has 0 aliphatic carbocycles. The number of hydrogen-bond donors (Lipinski definition) is 2. The summed E-state index contributed by atoms with van der Waals surface area (Å²) in [5.41, 5.74) is 0. The molecule has 0 saturated carbocycles. The zero-order valence-electron chi connectivity index (χ0n) is 8.70. The minimum Gasteiger partial charge on any atom is -0.481 e. The highest BCUT2D eigenvalue weighted by atomic mass is 16.5. The van der Waals surface area contributed by atoms with E-state index in [0.29, 0.717) is 6.54 Å². The van der Waals surface area contributed by atoms with E-state index in [1.165, 1.54) is 0 Å². The van der Waals surface area contributed by atoms with Crippen molar-refractivity contribution in [2.45, 2.75) is 32.9 Å². The van der Waals surface area contributed by atoms with Gasteiger partial charge in [0, 0.05) is 19.7 Å². The van der Waals surface area contributed by atoms with Gasteiger partial charge in [-0.25, -0.2) is 0 Å². The van der Waals surface area contributed by atoms with Crippen molar-refractivity contribution in [3.05, 3.63) is 0 Å². The van der Waals surface area contributed by atoms with Crippen molar-refractivity contribution in [3.63, 3.8) is 0 Å². The predicted octanol–water partition coefficient (Wildman–Crippen LogP) is 0.720. The number of aliphatic carboxylic acids is 1. The summed E-state index contributed by atoms with van der Waals surface area (Å²) in [6.07, 6.45) is 0.114. The smallest absolute Gasteiger partial charge is 0.307 e. The lowest BCUT2D eigenvalue weighted by molar-refractivity contribution is -0.142. The molecule has 0 aliphatic heterocycles. The number of methoxy groups -OCH3 is 1. The van der Waals surface area contributed by atoms with Crippen LogP contribution in [0.2, 0.25) is 0 Å². The summed E-state index contributed by atoms with van der Waals surface area (Å²) >= 11 is 0. The molecule has 0 aromatic heterocycles. The van der Waals surface area contributed by atoms with Crippen LogP contribution >= 0.6 is 0 Å². The zero-order valence-corrected chi connectivity index (χ0v) is 8.70. The average Bonchev–Trinajstić information content (AvgIpc) is 2.11. The van der Waals surface area contributed by atoms with Gasteiger partial charge in [0.15, 0.2) is 0 Å². The Hall–Kier alpha value is -0.610. The van der Waals surface area contributed by atoms with E-state index in [1.54, 1.807) is 14.0 Å². The van der Waals surface area contributed by atoms with E-state index < -0.39 is 5.97 Å². The van der Waals surface area contributed by atoms with E-state index in [9.17, 15) is 4.79 Å². The summed E-state index contributed by atoms with van der Waals surface area (Å²) in [6, 6.07) is -0.0323. The Kier molecular flexibility index (Phi) is 5.66. The molecule has 0 rings (SSSR count). The van der Waals surface area contributed by atoms with Crippen molar-refractivity contribution in [2.24, 2.45) is 5.92 Å². The first-order valence-corrected chi connectivity index (χ1v) is 4.48. The molecule has 78 valence electrons. The zero-order chi connectivity index (χ0) is 10.4. The van der Waals surface area contributed by atoms with Gasteiger partial charge < -0.3 is 15.2 Å². The van der Waals surface area contributed by atoms with Gasteiger partial charge in [0.1, 0.15) is 0 Å². The van der Waals surface area contributed by atoms with Crippen molar-refractivity contribution in [2.75, 3.05) is 13.7 Å².